The van der Waals surface area contributed by atoms with Crippen molar-refractivity contribution in [1.29, 1.82) is 0 Å². The van der Waals surface area contributed by atoms with Crippen LogP contribution in [-0.4, -0.2) is 32.5 Å². The fraction of sp³-hybridized carbons (Fsp3) is 0.250. The van der Waals surface area contributed by atoms with Crippen LogP contribution in [0, 0.1) is 6.92 Å². The van der Waals surface area contributed by atoms with Gasteiger partial charge in [0.25, 0.3) is 11.8 Å². The van der Waals surface area contributed by atoms with Crippen LogP contribution in [0.4, 0.5) is 5.95 Å². The van der Waals surface area contributed by atoms with Crippen LogP contribution in [0.3, 0.4) is 0 Å². The summed E-state index contributed by atoms with van der Waals surface area (Å²) in [5.74, 6) is -0.325. The predicted octanol–water partition coefficient (Wildman–Crippen LogP) is 3.98. The van der Waals surface area contributed by atoms with Crippen molar-refractivity contribution in [2.45, 2.75) is 39.8 Å². The maximum Gasteiger partial charge on any atom is 0.261 e. The first kappa shape index (κ1) is 22.5. The lowest BCUT2D eigenvalue weighted by Crippen LogP contribution is -2.30. The molecule has 9 heteroatoms. The van der Waals surface area contributed by atoms with E-state index in [-0.39, 0.29) is 29.8 Å². The van der Waals surface area contributed by atoms with Gasteiger partial charge in [0.1, 0.15) is 0 Å². The van der Waals surface area contributed by atoms with E-state index in [4.69, 9.17) is 5.73 Å². The molecule has 4 N–H and O–H groups in total. The smallest absolute Gasteiger partial charge is 0.261 e. The van der Waals surface area contributed by atoms with Gasteiger partial charge in [-0.3, -0.25) is 9.59 Å². The number of anilines is 1. The minimum absolute atomic E-state index is 0.0339. The van der Waals surface area contributed by atoms with Crippen molar-refractivity contribution in [3.05, 3.63) is 69.5 Å². The third-order valence-electron chi connectivity index (χ3n) is 5.20. The Kier molecular flexibility index (Phi) is 6.15. The molecule has 0 aliphatic rings. The highest BCUT2D eigenvalue weighted by Crippen LogP contribution is 2.28. The fourth-order valence-corrected chi connectivity index (χ4v) is 4.30. The third-order valence-corrected chi connectivity index (χ3v) is 6.12. The van der Waals surface area contributed by atoms with Crippen molar-refractivity contribution in [2.24, 2.45) is 0 Å². The predicted molar refractivity (Wildman–Crippen MR) is 130 cm³/mol. The molecule has 0 saturated carbocycles. The fourth-order valence-electron chi connectivity index (χ4n) is 3.48. The lowest BCUT2D eigenvalue weighted by molar-refractivity contribution is 0.0935. The van der Waals surface area contributed by atoms with E-state index in [0.717, 1.165) is 16.7 Å². The van der Waals surface area contributed by atoms with Gasteiger partial charge < -0.3 is 16.4 Å². The molecule has 3 aromatic heterocycles. The van der Waals surface area contributed by atoms with Gasteiger partial charge in [0.2, 0.25) is 5.95 Å². The average Bonchev–Trinajstić information content (AvgIpc) is 3.39. The SMILES string of the molecule is Cc1ccc([C@H](C)NC(=O)c2cc(-c3cc(C(=O)NC(C)C)c4nc(N)nn4c3)cs2)cc1. The summed E-state index contributed by atoms with van der Waals surface area (Å²) in [7, 11) is 0. The van der Waals surface area contributed by atoms with Crippen molar-refractivity contribution < 1.29 is 9.59 Å². The molecule has 4 rings (SSSR count). The number of pyridine rings is 1. The van der Waals surface area contributed by atoms with Crippen LogP contribution >= 0.6 is 11.3 Å². The van der Waals surface area contributed by atoms with Crippen LogP contribution in [0.1, 0.15) is 58.0 Å². The molecule has 2 amide bonds. The molecule has 1 atom stereocenters. The van der Waals surface area contributed by atoms with Crippen molar-refractivity contribution in [3.63, 3.8) is 0 Å². The topological polar surface area (TPSA) is 114 Å². The van der Waals surface area contributed by atoms with Gasteiger partial charge in [-0.05, 0) is 56.3 Å². The molecule has 0 radical (unpaired) electrons. The molecule has 0 saturated heterocycles. The summed E-state index contributed by atoms with van der Waals surface area (Å²) in [6.07, 6.45) is 1.75. The standard InChI is InChI=1S/C24H26N6O2S/c1-13(2)26-22(31)19-9-17(11-30-21(19)28-24(25)29-30)18-10-20(33-12-18)23(32)27-15(4)16-7-5-14(3)6-8-16/h5-13,15H,1-4H3,(H2,25,29)(H,26,31)(H,27,32)/t15-/m0/s1. The highest BCUT2D eigenvalue weighted by Gasteiger charge is 2.19. The maximum atomic E-state index is 12.8. The van der Waals surface area contributed by atoms with Crippen molar-refractivity contribution in [3.8, 4) is 11.1 Å². The number of hydrogen-bond acceptors (Lipinski definition) is 6. The Bertz CT molecular complexity index is 1320. The zero-order valence-corrected chi connectivity index (χ0v) is 19.7. The molecular weight excluding hydrogens is 436 g/mol. The largest absolute Gasteiger partial charge is 0.366 e. The van der Waals surface area contributed by atoms with Gasteiger partial charge in [-0.2, -0.15) is 4.98 Å². The lowest BCUT2D eigenvalue weighted by Gasteiger charge is -2.14. The second-order valence-corrected chi connectivity index (χ2v) is 9.23. The Labute approximate surface area is 195 Å². The van der Waals surface area contributed by atoms with Gasteiger partial charge in [-0.25, -0.2) is 4.52 Å². The quantitative estimate of drug-likeness (QED) is 0.401. The Balaban J connectivity index is 1.61. The Morgan fingerprint density at radius 1 is 1.03 bits per heavy atom. The van der Waals surface area contributed by atoms with Crippen LogP contribution in [0.25, 0.3) is 16.8 Å². The van der Waals surface area contributed by atoms with E-state index in [1.807, 2.05) is 63.4 Å². The molecule has 170 valence electrons. The first-order chi connectivity index (χ1) is 15.7. The molecule has 1 aromatic carbocycles. The number of aromatic nitrogens is 3. The van der Waals surface area contributed by atoms with Gasteiger partial charge >= 0.3 is 0 Å². The number of benzene rings is 1. The van der Waals surface area contributed by atoms with Crippen LogP contribution < -0.4 is 16.4 Å². The molecule has 4 aromatic rings. The Hall–Kier alpha value is -3.72. The number of nitrogen functional groups attached to an aromatic ring is 1. The molecule has 0 aliphatic carbocycles. The molecule has 0 bridgehead atoms. The second-order valence-electron chi connectivity index (χ2n) is 8.31. The van der Waals surface area contributed by atoms with Crippen LogP contribution in [-0.2, 0) is 0 Å². The van der Waals surface area contributed by atoms with E-state index < -0.39 is 0 Å². The summed E-state index contributed by atoms with van der Waals surface area (Å²) in [5, 5.41) is 12.0. The number of rotatable bonds is 6. The number of aryl methyl sites for hydroxylation is 1. The molecule has 33 heavy (non-hydrogen) atoms. The second kappa shape index (κ2) is 9.03. The maximum absolute atomic E-state index is 12.8. The van der Waals surface area contributed by atoms with Gasteiger partial charge in [-0.1, -0.05) is 29.8 Å². The van der Waals surface area contributed by atoms with Crippen LogP contribution in [0.5, 0.6) is 0 Å². The minimum Gasteiger partial charge on any atom is -0.366 e. The van der Waals surface area contributed by atoms with E-state index in [9.17, 15) is 9.59 Å². The summed E-state index contributed by atoms with van der Waals surface area (Å²) < 4.78 is 1.50. The molecule has 0 spiro atoms. The van der Waals surface area contributed by atoms with Gasteiger partial charge in [-0.15, -0.1) is 16.4 Å². The zero-order chi connectivity index (χ0) is 23.7. The van der Waals surface area contributed by atoms with E-state index in [1.165, 1.54) is 21.4 Å². The van der Waals surface area contributed by atoms with E-state index in [1.54, 1.807) is 12.3 Å². The first-order valence-electron chi connectivity index (χ1n) is 10.6. The van der Waals surface area contributed by atoms with E-state index in [2.05, 4.69) is 20.7 Å². The number of carbonyl (C=O) groups excluding carboxylic acids is 2. The van der Waals surface area contributed by atoms with Gasteiger partial charge in [0.05, 0.1) is 16.5 Å². The number of thiophene rings is 1. The summed E-state index contributed by atoms with van der Waals surface area (Å²) in [4.78, 5) is 30.4. The Morgan fingerprint density at radius 3 is 2.45 bits per heavy atom. The number of carbonyl (C=O) groups is 2. The highest BCUT2D eigenvalue weighted by molar-refractivity contribution is 7.12. The average molecular weight is 463 g/mol. The van der Waals surface area contributed by atoms with Crippen molar-refractivity contribution in [2.75, 3.05) is 5.73 Å². The zero-order valence-electron chi connectivity index (χ0n) is 18.9. The Morgan fingerprint density at radius 2 is 1.76 bits per heavy atom. The molecule has 0 unspecified atom stereocenters. The normalized spacial score (nSPS) is 12.2. The van der Waals surface area contributed by atoms with Crippen LogP contribution in [0.2, 0.25) is 0 Å². The number of hydrogen-bond donors (Lipinski definition) is 3. The number of nitrogens with two attached hydrogens (primary N) is 1. The summed E-state index contributed by atoms with van der Waals surface area (Å²) >= 11 is 1.35. The van der Waals surface area contributed by atoms with E-state index in [0.29, 0.717) is 16.1 Å². The monoisotopic (exact) mass is 462 g/mol. The van der Waals surface area contributed by atoms with Crippen molar-refractivity contribution in [1.82, 2.24) is 25.2 Å². The summed E-state index contributed by atoms with van der Waals surface area (Å²) in [5.41, 5.74) is 10.3. The molecule has 3 heterocycles. The molecule has 8 nitrogen and oxygen atoms in total. The van der Waals surface area contributed by atoms with Gasteiger partial charge in [0, 0.05) is 17.8 Å². The number of nitrogens with zero attached hydrogens (tertiary/aromatic N) is 3. The first-order valence-corrected chi connectivity index (χ1v) is 11.5. The highest BCUT2D eigenvalue weighted by atomic mass is 32.1. The minimum atomic E-state index is -0.260. The third kappa shape index (κ3) is 4.88. The van der Waals surface area contributed by atoms with Gasteiger partial charge in [0.15, 0.2) is 5.65 Å². The lowest BCUT2D eigenvalue weighted by atomic mass is 10.1. The summed E-state index contributed by atoms with van der Waals surface area (Å²) in [6, 6.07) is 11.5. The molecule has 0 aliphatic heterocycles. The molecular formula is C24H26N6O2S. The van der Waals surface area contributed by atoms with E-state index >= 15 is 0 Å². The number of amides is 2. The van der Waals surface area contributed by atoms with Crippen LogP contribution in [0.15, 0.2) is 48.0 Å². The van der Waals surface area contributed by atoms with Crippen molar-refractivity contribution >= 4 is 34.7 Å². The summed E-state index contributed by atoms with van der Waals surface area (Å²) in [6.45, 7) is 7.76. The number of fused-ring (bicyclic) bond motifs is 1. The number of nitrogens with one attached hydrogen (secondary N) is 2. The molecule has 0 fully saturated rings.